The van der Waals surface area contributed by atoms with Crippen LogP contribution in [0.4, 0.5) is 0 Å². The molecule has 0 bridgehead atoms. The molecule has 2 aromatic heterocycles. The van der Waals surface area contributed by atoms with Crippen LogP contribution in [0.25, 0.3) is 5.69 Å². The van der Waals surface area contributed by atoms with Gasteiger partial charge in [0.15, 0.2) is 5.96 Å². The highest BCUT2D eigenvalue weighted by Crippen LogP contribution is 2.18. The Labute approximate surface area is 179 Å². The summed E-state index contributed by atoms with van der Waals surface area (Å²) < 4.78 is 3.80. The summed E-state index contributed by atoms with van der Waals surface area (Å²) >= 11 is 0. The first-order valence-electron chi connectivity index (χ1n) is 10.6. The summed E-state index contributed by atoms with van der Waals surface area (Å²) in [5.41, 5.74) is 4.63. The third kappa shape index (κ3) is 5.49. The number of rotatable bonds is 8. The van der Waals surface area contributed by atoms with Gasteiger partial charge in [0.05, 0.1) is 17.6 Å². The van der Waals surface area contributed by atoms with Gasteiger partial charge in [0.25, 0.3) is 0 Å². The van der Waals surface area contributed by atoms with Gasteiger partial charge in [0, 0.05) is 51.7 Å². The first-order chi connectivity index (χ1) is 14.5. The number of benzene rings is 1. The fourth-order valence-corrected chi connectivity index (χ4v) is 3.46. The molecule has 0 fully saturated rings. The lowest BCUT2D eigenvalue weighted by Crippen LogP contribution is -2.38. The highest BCUT2D eigenvalue weighted by Gasteiger charge is 2.15. The number of nitrogens with one attached hydrogen (secondary N) is 1. The minimum absolute atomic E-state index is 0.398. The lowest BCUT2D eigenvalue weighted by Gasteiger charge is -2.22. The van der Waals surface area contributed by atoms with Crippen molar-refractivity contribution in [1.82, 2.24) is 29.8 Å². The zero-order valence-corrected chi connectivity index (χ0v) is 18.7. The minimum atomic E-state index is 0.398. The number of para-hydroxylation sites is 1. The molecule has 1 N–H and O–H groups in total. The van der Waals surface area contributed by atoms with Gasteiger partial charge < -0.3 is 10.2 Å². The van der Waals surface area contributed by atoms with Crippen LogP contribution in [0, 0.1) is 0 Å². The molecule has 160 valence electrons. The number of hydrogen-bond donors (Lipinski definition) is 1. The summed E-state index contributed by atoms with van der Waals surface area (Å²) in [6.45, 7) is 8.77. The number of nitrogens with zero attached hydrogens (tertiary/aromatic N) is 6. The molecule has 1 aromatic carbocycles. The van der Waals surface area contributed by atoms with E-state index in [0.29, 0.717) is 12.5 Å². The average molecular weight is 408 g/mol. The molecule has 0 saturated heterocycles. The SMILES string of the molecule is CCNC(=NCCc1cnn(-c2ccccc2)c1)N(C)Cc1cn(C)nc1C(C)C. The van der Waals surface area contributed by atoms with Crippen LogP contribution in [0.15, 0.2) is 53.9 Å². The van der Waals surface area contributed by atoms with Gasteiger partial charge in [-0.3, -0.25) is 9.67 Å². The summed E-state index contributed by atoms with van der Waals surface area (Å²) in [5, 5.41) is 12.5. The molecule has 0 radical (unpaired) electrons. The molecule has 0 aliphatic heterocycles. The van der Waals surface area contributed by atoms with Crippen molar-refractivity contribution in [3.05, 3.63) is 65.7 Å². The number of guanidine groups is 1. The molecule has 3 rings (SSSR count). The zero-order valence-electron chi connectivity index (χ0n) is 18.7. The van der Waals surface area contributed by atoms with Gasteiger partial charge >= 0.3 is 0 Å². The van der Waals surface area contributed by atoms with Gasteiger partial charge in [-0.25, -0.2) is 4.68 Å². The van der Waals surface area contributed by atoms with Crippen LogP contribution in [-0.2, 0) is 20.0 Å². The first-order valence-corrected chi connectivity index (χ1v) is 10.6. The highest BCUT2D eigenvalue weighted by molar-refractivity contribution is 5.79. The normalized spacial score (nSPS) is 11.9. The Morgan fingerprint density at radius 1 is 1.20 bits per heavy atom. The van der Waals surface area contributed by atoms with Crippen molar-refractivity contribution in [2.75, 3.05) is 20.1 Å². The van der Waals surface area contributed by atoms with E-state index in [0.717, 1.165) is 36.9 Å². The molecule has 30 heavy (non-hydrogen) atoms. The molecular formula is C23H33N7. The van der Waals surface area contributed by atoms with Gasteiger partial charge in [-0.15, -0.1) is 0 Å². The van der Waals surface area contributed by atoms with Crippen LogP contribution >= 0.6 is 0 Å². The maximum Gasteiger partial charge on any atom is 0.193 e. The molecule has 7 heteroatoms. The molecule has 0 unspecified atom stereocenters. The van der Waals surface area contributed by atoms with Crippen molar-refractivity contribution in [1.29, 1.82) is 0 Å². The van der Waals surface area contributed by atoms with Crippen LogP contribution in [0.3, 0.4) is 0 Å². The summed E-state index contributed by atoms with van der Waals surface area (Å²) in [4.78, 5) is 7.00. The third-order valence-electron chi connectivity index (χ3n) is 4.91. The topological polar surface area (TPSA) is 63.3 Å². The Morgan fingerprint density at radius 2 is 1.97 bits per heavy atom. The number of aromatic nitrogens is 4. The van der Waals surface area contributed by atoms with Crippen molar-refractivity contribution in [2.24, 2.45) is 12.0 Å². The number of aliphatic imine (C=N–C) groups is 1. The summed E-state index contributed by atoms with van der Waals surface area (Å²) in [5.74, 6) is 1.31. The van der Waals surface area contributed by atoms with Gasteiger partial charge in [-0.1, -0.05) is 32.0 Å². The van der Waals surface area contributed by atoms with Crippen molar-refractivity contribution >= 4 is 5.96 Å². The van der Waals surface area contributed by atoms with Gasteiger partial charge in [0.1, 0.15) is 0 Å². The van der Waals surface area contributed by atoms with Crippen LogP contribution in [0.5, 0.6) is 0 Å². The second kappa shape index (κ2) is 10.1. The van der Waals surface area contributed by atoms with E-state index >= 15 is 0 Å². The second-order valence-electron chi connectivity index (χ2n) is 7.84. The average Bonchev–Trinajstić information content (AvgIpc) is 3.34. The van der Waals surface area contributed by atoms with Crippen molar-refractivity contribution in [3.63, 3.8) is 0 Å². The van der Waals surface area contributed by atoms with Crippen molar-refractivity contribution in [3.8, 4) is 5.69 Å². The van der Waals surface area contributed by atoms with Gasteiger partial charge in [-0.2, -0.15) is 10.2 Å². The smallest absolute Gasteiger partial charge is 0.193 e. The Balaban J connectivity index is 1.64. The highest BCUT2D eigenvalue weighted by atomic mass is 15.3. The predicted molar refractivity (Wildman–Crippen MR) is 122 cm³/mol. The first kappa shape index (κ1) is 21.6. The largest absolute Gasteiger partial charge is 0.357 e. The summed E-state index contributed by atoms with van der Waals surface area (Å²) in [7, 11) is 4.05. The van der Waals surface area contributed by atoms with E-state index in [-0.39, 0.29) is 0 Å². The maximum absolute atomic E-state index is 4.84. The lowest BCUT2D eigenvalue weighted by molar-refractivity contribution is 0.473. The maximum atomic E-state index is 4.84. The van der Waals surface area contributed by atoms with E-state index in [2.05, 4.69) is 72.8 Å². The van der Waals surface area contributed by atoms with Gasteiger partial charge in [0.2, 0.25) is 0 Å². The molecule has 0 atom stereocenters. The van der Waals surface area contributed by atoms with E-state index in [1.54, 1.807) is 0 Å². The fraction of sp³-hybridized carbons (Fsp3) is 0.435. The lowest BCUT2D eigenvalue weighted by atomic mass is 10.1. The zero-order chi connectivity index (χ0) is 21.5. The number of aryl methyl sites for hydroxylation is 1. The van der Waals surface area contributed by atoms with Crippen LogP contribution in [0.2, 0.25) is 0 Å². The molecule has 0 spiro atoms. The molecule has 0 aliphatic carbocycles. The standard InChI is InChI=1S/C23H33N7/c1-6-24-23(28(4)16-20-17-29(5)27-22(20)18(2)3)25-13-12-19-14-26-30(15-19)21-10-8-7-9-11-21/h7-11,14-15,17-18H,6,12-13,16H2,1-5H3,(H,24,25). The Bertz CT molecular complexity index is 953. The fourth-order valence-electron chi connectivity index (χ4n) is 3.46. The van der Waals surface area contributed by atoms with Crippen LogP contribution in [-0.4, -0.2) is 50.6 Å². The Morgan fingerprint density at radius 3 is 2.67 bits per heavy atom. The molecule has 7 nitrogen and oxygen atoms in total. The monoisotopic (exact) mass is 407 g/mol. The van der Waals surface area contributed by atoms with E-state index < -0.39 is 0 Å². The molecular weight excluding hydrogens is 374 g/mol. The Kier molecular flexibility index (Phi) is 7.27. The van der Waals surface area contributed by atoms with Gasteiger partial charge in [-0.05, 0) is 37.0 Å². The van der Waals surface area contributed by atoms with Crippen molar-refractivity contribution in [2.45, 2.75) is 39.7 Å². The molecule has 3 aromatic rings. The van der Waals surface area contributed by atoms with E-state index in [1.165, 1.54) is 11.1 Å². The molecule has 0 saturated carbocycles. The summed E-state index contributed by atoms with van der Waals surface area (Å²) in [6.07, 6.45) is 6.95. The second-order valence-corrected chi connectivity index (χ2v) is 7.84. The Hall–Kier alpha value is -3.09. The van der Waals surface area contributed by atoms with Crippen LogP contribution in [0.1, 0.15) is 43.5 Å². The van der Waals surface area contributed by atoms with Crippen molar-refractivity contribution < 1.29 is 0 Å². The molecule has 0 aliphatic rings. The number of hydrogen-bond acceptors (Lipinski definition) is 3. The quantitative estimate of drug-likeness (QED) is 0.459. The van der Waals surface area contributed by atoms with E-state index in [1.807, 2.05) is 40.8 Å². The minimum Gasteiger partial charge on any atom is -0.357 e. The predicted octanol–water partition coefficient (Wildman–Crippen LogP) is 3.37. The van der Waals surface area contributed by atoms with Crippen LogP contribution < -0.4 is 5.32 Å². The summed E-state index contributed by atoms with van der Waals surface area (Å²) in [6, 6.07) is 10.2. The van der Waals surface area contributed by atoms with E-state index in [4.69, 9.17) is 4.99 Å². The molecule has 2 heterocycles. The van der Waals surface area contributed by atoms with E-state index in [9.17, 15) is 0 Å². The third-order valence-corrected chi connectivity index (χ3v) is 4.91. The molecule has 0 amide bonds.